The maximum atomic E-state index is 13.1. The van der Waals surface area contributed by atoms with Gasteiger partial charge in [0.1, 0.15) is 10.6 Å². The van der Waals surface area contributed by atoms with Crippen molar-refractivity contribution in [3.05, 3.63) is 58.1 Å². The average molecular weight is 405 g/mol. The number of nitrogens with one attached hydrogen (secondary N) is 1. The number of para-hydroxylation sites is 1. The molecule has 150 valence electrons. The standard InChI is InChI=1S/C19H23N3O5S/c1-14-5-3-4-6-17(14)20-15-9-11-21(12-10-15)28(25,26)19-13-16(22(23)24)7-8-18(19)27-2/h3-8,13,15,20H,9-12H2,1-2H3. The van der Waals surface area contributed by atoms with Gasteiger partial charge in [-0.25, -0.2) is 8.42 Å². The molecule has 1 saturated heterocycles. The van der Waals surface area contributed by atoms with E-state index in [2.05, 4.69) is 5.32 Å². The van der Waals surface area contributed by atoms with Crippen LogP contribution in [-0.4, -0.2) is 43.9 Å². The molecular weight excluding hydrogens is 382 g/mol. The van der Waals surface area contributed by atoms with Gasteiger partial charge >= 0.3 is 0 Å². The van der Waals surface area contributed by atoms with Crippen molar-refractivity contribution in [2.45, 2.75) is 30.7 Å². The molecule has 0 unspecified atom stereocenters. The van der Waals surface area contributed by atoms with Crippen LogP contribution < -0.4 is 10.1 Å². The molecule has 28 heavy (non-hydrogen) atoms. The quantitative estimate of drug-likeness (QED) is 0.585. The number of sulfonamides is 1. The molecule has 1 aliphatic rings. The van der Waals surface area contributed by atoms with Gasteiger partial charge < -0.3 is 10.1 Å². The summed E-state index contributed by atoms with van der Waals surface area (Å²) in [7, 11) is -2.54. The van der Waals surface area contributed by atoms with Crippen LogP contribution in [0.3, 0.4) is 0 Å². The van der Waals surface area contributed by atoms with Gasteiger partial charge in [0.25, 0.3) is 5.69 Å². The monoisotopic (exact) mass is 405 g/mol. The van der Waals surface area contributed by atoms with Crippen molar-refractivity contribution in [3.8, 4) is 5.75 Å². The first-order chi connectivity index (χ1) is 13.3. The molecule has 0 bridgehead atoms. The maximum absolute atomic E-state index is 13.1. The van der Waals surface area contributed by atoms with E-state index >= 15 is 0 Å². The lowest BCUT2D eigenvalue weighted by Crippen LogP contribution is -2.42. The van der Waals surface area contributed by atoms with E-state index in [1.165, 1.54) is 23.5 Å². The van der Waals surface area contributed by atoms with Crippen LogP contribution in [0.15, 0.2) is 47.4 Å². The number of ether oxygens (including phenoxy) is 1. The third-order valence-corrected chi connectivity index (χ3v) is 6.85. The molecule has 2 aromatic carbocycles. The minimum Gasteiger partial charge on any atom is -0.495 e. The summed E-state index contributed by atoms with van der Waals surface area (Å²) >= 11 is 0. The second-order valence-corrected chi connectivity index (χ2v) is 8.64. The summed E-state index contributed by atoms with van der Waals surface area (Å²) in [6.07, 6.45) is 1.29. The van der Waals surface area contributed by atoms with E-state index in [9.17, 15) is 18.5 Å². The molecule has 0 saturated carbocycles. The average Bonchev–Trinajstić information content (AvgIpc) is 2.69. The Balaban J connectivity index is 1.75. The summed E-state index contributed by atoms with van der Waals surface area (Å²) in [5.74, 6) is 0.103. The molecule has 1 fully saturated rings. The molecule has 0 aliphatic carbocycles. The second-order valence-electron chi connectivity index (χ2n) is 6.73. The Labute approximate surface area is 164 Å². The van der Waals surface area contributed by atoms with Crippen LogP contribution in [0.2, 0.25) is 0 Å². The van der Waals surface area contributed by atoms with Crippen LogP contribution in [-0.2, 0) is 10.0 Å². The largest absolute Gasteiger partial charge is 0.495 e. The summed E-state index contributed by atoms with van der Waals surface area (Å²) in [4.78, 5) is 10.3. The van der Waals surface area contributed by atoms with Crippen LogP contribution in [0.5, 0.6) is 5.75 Å². The maximum Gasteiger partial charge on any atom is 0.271 e. The molecule has 1 aliphatic heterocycles. The zero-order valence-electron chi connectivity index (χ0n) is 15.8. The number of piperidine rings is 1. The van der Waals surface area contributed by atoms with Crippen molar-refractivity contribution in [1.29, 1.82) is 0 Å². The summed E-state index contributed by atoms with van der Waals surface area (Å²) in [6, 6.07) is 11.7. The van der Waals surface area contributed by atoms with E-state index < -0.39 is 14.9 Å². The van der Waals surface area contributed by atoms with Crippen LogP contribution >= 0.6 is 0 Å². The number of nitrogens with zero attached hydrogens (tertiary/aromatic N) is 2. The highest BCUT2D eigenvalue weighted by atomic mass is 32.2. The predicted molar refractivity (Wildman–Crippen MR) is 106 cm³/mol. The van der Waals surface area contributed by atoms with Crippen LogP contribution in [0.25, 0.3) is 0 Å². The van der Waals surface area contributed by atoms with E-state index in [0.717, 1.165) is 17.3 Å². The third-order valence-electron chi connectivity index (χ3n) is 4.93. The molecule has 9 heteroatoms. The van der Waals surface area contributed by atoms with Crippen molar-refractivity contribution in [2.75, 3.05) is 25.5 Å². The lowest BCUT2D eigenvalue weighted by molar-refractivity contribution is -0.385. The van der Waals surface area contributed by atoms with Crippen LogP contribution in [0.4, 0.5) is 11.4 Å². The molecule has 3 rings (SSSR count). The molecule has 0 radical (unpaired) electrons. The van der Waals surface area contributed by atoms with Crippen molar-refractivity contribution < 1.29 is 18.1 Å². The van der Waals surface area contributed by atoms with E-state index in [1.54, 1.807) is 0 Å². The highest BCUT2D eigenvalue weighted by Gasteiger charge is 2.32. The first-order valence-electron chi connectivity index (χ1n) is 8.97. The van der Waals surface area contributed by atoms with Gasteiger partial charge in [-0.05, 0) is 37.5 Å². The van der Waals surface area contributed by atoms with E-state index in [4.69, 9.17) is 4.74 Å². The predicted octanol–water partition coefficient (Wildman–Crippen LogP) is 3.18. The number of nitro benzene ring substituents is 1. The number of aryl methyl sites for hydroxylation is 1. The fourth-order valence-electron chi connectivity index (χ4n) is 3.31. The van der Waals surface area contributed by atoms with Crippen molar-refractivity contribution in [3.63, 3.8) is 0 Å². The topological polar surface area (TPSA) is 102 Å². The van der Waals surface area contributed by atoms with Gasteiger partial charge in [0, 0.05) is 37.0 Å². The molecule has 1 N–H and O–H groups in total. The number of rotatable bonds is 6. The first kappa shape index (κ1) is 20.1. The molecular formula is C19H23N3O5S. The SMILES string of the molecule is COc1ccc([N+](=O)[O-])cc1S(=O)(=O)N1CCC(Nc2ccccc2C)CC1. The van der Waals surface area contributed by atoms with Crippen molar-refractivity contribution in [1.82, 2.24) is 4.31 Å². The van der Waals surface area contributed by atoms with Gasteiger partial charge in [-0.1, -0.05) is 18.2 Å². The van der Waals surface area contributed by atoms with Crippen molar-refractivity contribution >= 4 is 21.4 Å². The number of nitro groups is 1. The van der Waals surface area contributed by atoms with E-state index in [0.29, 0.717) is 25.9 Å². The molecule has 0 atom stereocenters. The number of hydrogen-bond donors (Lipinski definition) is 1. The van der Waals surface area contributed by atoms with E-state index in [-0.39, 0.29) is 22.4 Å². The Kier molecular flexibility index (Phi) is 5.85. The Morgan fingerprint density at radius 1 is 1.18 bits per heavy atom. The first-order valence-corrected chi connectivity index (χ1v) is 10.4. The lowest BCUT2D eigenvalue weighted by atomic mass is 10.1. The van der Waals surface area contributed by atoms with Crippen LogP contribution in [0.1, 0.15) is 18.4 Å². The number of benzene rings is 2. The molecule has 0 spiro atoms. The Bertz CT molecular complexity index is 969. The van der Waals surface area contributed by atoms with Crippen LogP contribution in [0, 0.1) is 17.0 Å². The summed E-state index contributed by atoms with van der Waals surface area (Å²) in [5.41, 5.74) is 1.90. The highest BCUT2D eigenvalue weighted by Crippen LogP contribution is 2.32. The molecule has 0 amide bonds. The fraction of sp³-hybridized carbons (Fsp3) is 0.368. The molecule has 8 nitrogen and oxygen atoms in total. The number of methoxy groups -OCH3 is 1. The van der Waals surface area contributed by atoms with Crippen molar-refractivity contribution in [2.24, 2.45) is 0 Å². The normalized spacial score (nSPS) is 15.9. The number of anilines is 1. The van der Waals surface area contributed by atoms with Gasteiger partial charge in [0.05, 0.1) is 12.0 Å². The number of non-ortho nitro benzene ring substituents is 1. The second kappa shape index (κ2) is 8.15. The summed E-state index contributed by atoms with van der Waals surface area (Å²) in [6.45, 7) is 2.69. The zero-order valence-corrected chi connectivity index (χ0v) is 16.6. The zero-order chi connectivity index (χ0) is 20.3. The summed E-state index contributed by atoms with van der Waals surface area (Å²) < 4.78 is 32.6. The number of hydrogen-bond acceptors (Lipinski definition) is 6. The van der Waals surface area contributed by atoms with Gasteiger partial charge in [-0.15, -0.1) is 0 Å². The minimum absolute atomic E-state index is 0.103. The van der Waals surface area contributed by atoms with Gasteiger partial charge in [0.15, 0.2) is 0 Å². The molecule has 1 heterocycles. The Morgan fingerprint density at radius 3 is 2.46 bits per heavy atom. The Morgan fingerprint density at radius 2 is 1.86 bits per heavy atom. The molecule has 2 aromatic rings. The summed E-state index contributed by atoms with van der Waals surface area (Å²) in [5, 5.41) is 14.5. The van der Waals surface area contributed by atoms with Gasteiger partial charge in [0.2, 0.25) is 10.0 Å². The highest BCUT2D eigenvalue weighted by molar-refractivity contribution is 7.89. The third kappa shape index (κ3) is 4.10. The lowest BCUT2D eigenvalue weighted by Gasteiger charge is -2.32. The smallest absolute Gasteiger partial charge is 0.271 e. The Hall–Kier alpha value is -2.65. The minimum atomic E-state index is -3.89. The van der Waals surface area contributed by atoms with E-state index in [1.807, 2.05) is 31.2 Å². The molecule has 0 aromatic heterocycles. The van der Waals surface area contributed by atoms with Gasteiger partial charge in [-0.2, -0.15) is 4.31 Å². The van der Waals surface area contributed by atoms with Gasteiger partial charge in [-0.3, -0.25) is 10.1 Å². The fourth-order valence-corrected chi connectivity index (χ4v) is 4.96.